The van der Waals surface area contributed by atoms with E-state index in [1.165, 1.54) is 24.3 Å². The number of nitrogens with one attached hydrogen (secondary N) is 1. The lowest BCUT2D eigenvalue weighted by Crippen LogP contribution is -2.28. The maximum atomic E-state index is 12.5. The molecule has 2 aromatic carbocycles. The van der Waals surface area contributed by atoms with Gasteiger partial charge in [-0.15, -0.1) is 0 Å². The number of aromatic carboxylic acids is 1. The third-order valence-electron chi connectivity index (χ3n) is 5.57. The number of rotatable bonds is 6. The molecule has 5 heteroatoms. The number of benzene rings is 2. The summed E-state index contributed by atoms with van der Waals surface area (Å²) >= 11 is 0. The molecule has 2 aromatic rings. The molecule has 1 amide bonds. The lowest BCUT2D eigenvalue weighted by atomic mass is 10.0. The summed E-state index contributed by atoms with van der Waals surface area (Å²) in [6.07, 6.45) is 1.61. The standard InChI is InChI=1S/C21H21NO4/c1-26-17-11-14(21(24)25)7-6-12(17)8-9-22-20(23)19-16-10-13-4-2-3-5-15(13)18(16)19/h2-7,11,16,18-19H,8-10H2,1H3,(H,22,23)(H,24,25). The van der Waals surface area contributed by atoms with Crippen molar-refractivity contribution in [2.75, 3.05) is 13.7 Å². The van der Waals surface area contributed by atoms with Crippen molar-refractivity contribution in [3.8, 4) is 5.75 Å². The predicted molar refractivity (Wildman–Crippen MR) is 96.5 cm³/mol. The zero-order valence-corrected chi connectivity index (χ0v) is 14.6. The summed E-state index contributed by atoms with van der Waals surface area (Å²) in [5.74, 6) is 0.615. The Balaban J connectivity index is 1.34. The van der Waals surface area contributed by atoms with Gasteiger partial charge in [0.2, 0.25) is 5.91 Å². The number of amides is 1. The van der Waals surface area contributed by atoms with Gasteiger partial charge in [-0.3, -0.25) is 4.79 Å². The molecule has 2 aliphatic carbocycles. The molecule has 0 radical (unpaired) electrons. The van der Waals surface area contributed by atoms with E-state index in [0.717, 1.165) is 12.0 Å². The number of hydrogen-bond acceptors (Lipinski definition) is 3. The van der Waals surface area contributed by atoms with E-state index in [1.807, 2.05) is 6.07 Å². The first-order chi connectivity index (χ1) is 12.6. The monoisotopic (exact) mass is 351 g/mol. The highest BCUT2D eigenvalue weighted by Crippen LogP contribution is 2.61. The highest BCUT2D eigenvalue weighted by atomic mass is 16.5. The number of fused-ring (bicyclic) bond motifs is 3. The Morgan fingerprint density at radius 2 is 2.04 bits per heavy atom. The molecule has 2 aliphatic rings. The average Bonchev–Trinajstić information content (AvgIpc) is 3.23. The van der Waals surface area contributed by atoms with Crippen LogP contribution in [0.5, 0.6) is 5.75 Å². The van der Waals surface area contributed by atoms with Gasteiger partial charge < -0.3 is 15.2 Å². The molecule has 0 saturated heterocycles. The van der Waals surface area contributed by atoms with E-state index in [-0.39, 0.29) is 17.4 Å². The Kier molecular flexibility index (Phi) is 4.15. The molecule has 0 bridgehead atoms. The summed E-state index contributed by atoms with van der Waals surface area (Å²) in [4.78, 5) is 23.5. The van der Waals surface area contributed by atoms with Crippen LogP contribution in [-0.4, -0.2) is 30.6 Å². The molecule has 1 fully saturated rings. The van der Waals surface area contributed by atoms with Crippen LogP contribution in [0.15, 0.2) is 42.5 Å². The summed E-state index contributed by atoms with van der Waals surface area (Å²) < 4.78 is 5.28. The van der Waals surface area contributed by atoms with E-state index in [1.54, 1.807) is 12.1 Å². The van der Waals surface area contributed by atoms with Gasteiger partial charge >= 0.3 is 5.97 Å². The number of methoxy groups -OCH3 is 1. The van der Waals surface area contributed by atoms with Crippen molar-refractivity contribution in [2.45, 2.75) is 18.8 Å². The molecule has 5 nitrogen and oxygen atoms in total. The first-order valence-corrected chi connectivity index (χ1v) is 8.86. The van der Waals surface area contributed by atoms with E-state index in [9.17, 15) is 9.59 Å². The minimum Gasteiger partial charge on any atom is -0.496 e. The van der Waals surface area contributed by atoms with E-state index in [2.05, 4.69) is 23.5 Å². The zero-order valence-electron chi connectivity index (χ0n) is 14.6. The molecular weight excluding hydrogens is 330 g/mol. The van der Waals surface area contributed by atoms with Gasteiger partial charge in [0.05, 0.1) is 12.7 Å². The van der Waals surface area contributed by atoms with E-state index >= 15 is 0 Å². The molecule has 0 aromatic heterocycles. The van der Waals surface area contributed by atoms with Crippen LogP contribution in [0.4, 0.5) is 0 Å². The second kappa shape index (κ2) is 6.48. The van der Waals surface area contributed by atoms with Crippen LogP contribution in [0.2, 0.25) is 0 Å². The summed E-state index contributed by atoms with van der Waals surface area (Å²) in [5, 5.41) is 12.1. The highest BCUT2D eigenvalue weighted by Gasteiger charge is 2.58. The van der Waals surface area contributed by atoms with Crippen LogP contribution in [0, 0.1) is 11.8 Å². The molecule has 3 unspecified atom stereocenters. The average molecular weight is 351 g/mol. The molecule has 0 spiro atoms. The number of carboxylic acids is 1. The van der Waals surface area contributed by atoms with Crippen molar-refractivity contribution in [1.82, 2.24) is 5.32 Å². The van der Waals surface area contributed by atoms with Crippen LogP contribution < -0.4 is 10.1 Å². The largest absolute Gasteiger partial charge is 0.496 e. The topological polar surface area (TPSA) is 75.6 Å². The fourth-order valence-corrected chi connectivity index (χ4v) is 4.23. The molecule has 26 heavy (non-hydrogen) atoms. The minimum atomic E-state index is -0.983. The van der Waals surface area contributed by atoms with Crippen LogP contribution in [0.25, 0.3) is 0 Å². The SMILES string of the molecule is COc1cc(C(=O)O)ccc1CCNC(=O)C1C2Cc3ccccc3C21. The molecular formula is C21H21NO4. The third-order valence-corrected chi connectivity index (χ3v) is 5.57. The Morgan fingerprint density at radius 1 is 1.23 bits per heavy atom. The number of carbonyl (C=O) groups excluding carboxylic acids is 1. The molecule has 0 heterocycles. The predicted octanol–water partition coefficient (Wildman–Crippen LogP) is 2.64. The normalized spacial score (nSPS) is 22.3. The van der Waals surface area contributed by atoms with Crippen LogP contribution in [-0.2, 0) is 17.6 Å². The summed E-state index contributed by atoms with van der Waals surface area (Å²) in [7, 11) is 1.52. The lowest BCUT2D eigenvalue weighted by molar-refractivity contribution is -0.122. The van der Waals surface area contributed by atoms with Gasteiger partial charge in [-0.05, 0) is 53.5 Å². The second-order valence-electron chi connectivity index (χ2n) is 6.99. The Hall–Kier alpha value is -2.82. The van der Waals surface area contributed by atoms with Gasteiger partial charge in [-0.1, -0.05) is 30.3 Å². The second-order valence-corrected chi connectivity index (χ2v) is 6.99. The quantitative estimate of drug-likeness (QED) is 0.839. The number of hydrogen-bond donors (Lipinski definition) is 2. The Morgan fingerprint density at radius 3 is 2.81 bits per heavy atom. The van der Waals surface area contributed by atoms with Crippen molar-refractivity contribution in [3.63, 3.8) is 0 Å². The van der Waals surface area contributed by atoms with E-state index in [0.29, 0.717) is 30.6 Å². The minimum absolute atomic E-state index is 0.0983. The van der Waals surface area contributed by atoms with Gasteiger partial charge in [0.25, 0.3) is 0 Å². The van der Waals surface area contributed by atoms with Crippen LogP contribution in [0.1, 0.15) is 33.0 Å². The third kappa shape index (κ3) is 2.83. The van der Waals surface area contributed by atoms with Crippen LogP contribution >= 0.6 is 0 Å². The Labute approximate surface area is 152 Å². The number of carboxylic acid groups (broad SMARTS) is 1. The summed E-state index contributed by atoms with van der Waals surface area (Å²) in [6, 6.07) is 13.2. The first-order valence-electron chi connectivity index (χ1n) is 8.86. The maximum absolute atomic E-state index is 12.5. The van der Waals surface area contributed by atoms with Gasteiger partial charge in [-0.25, -0.2) is 4.79 Å². The number of carbonyl (C=O) groups is 2. The fourth-order valence-electron chi connectivity index (χ4n) is 4.23. The number of ether oxygens (including phenoxy) is 1. The molecule has 1 saturated carbocycles. The van der Waals surface area contributed by atoms with E-state index < -0.39 is 5.97 Å². The molecule has 0 aliphatic heterocycles. The van der Waals surface area contributed by atoms with Crippen molar-refractivity contribution in [3.05, 3.63) is 64.7 Å². The van der Waals surface area contributed by atoms with Gasteiger partial charge in [0, 0.05) is 12.5 Å². The molecule has 2 N–H and O–H groups in total. The van der Waals surface area contributed by atoms with Crippen molar-refractivity contribution in [1.29, 1.82) is 0 Å². The molecule has 134 valence electrons. The molecule has 4 rings (SSSR count). The summed E-state index contributed by atoms with van der Waals surface area (Å²) in [5.41, 5.74) is 3.80. The van der Waals surface area contributed by atoms with E-state index in [4.69, 9.17) is 9.84 Å². The maximum Gasteiger partial charge on any atom is 0.335 e. The zero-order chi connectivity index (χ0) is 18.3. The van der Waals surface area contributed by atoms with Gasteiger partial charge in [0.1, 0.15) is 5.75 Å². The van der Waals surface area contributed by atoms with Gasteiger partial charge in [-0.2, -0.15) is 0 Å². The smallest absolute Gasteiger partial charge is 0.335 e. The molecule has 3 atom stereocenters. The van der Waals surface area contributed by atoms with Crippen molar-refractivity contribution in [2.24, 2.45) is 11.8 Å². The van der Waals surface area contributed by atoms with Crippen molar-refractivity contribution < 1.29 is 19.4 Å². The lowest BCUT2D eigenvalue weighted by Gasteiger charge is -2.11. The first kappa shape index (κ1) is 16.6. The fraction of sp³-hybridized carbons (Fsp3) is 0.333. The summed E-state index contributed by atoms with van der Waals surface area (Å²) in [6.45, 7) is 0.513. The van der Waals surface area contributed by atoms with Gasteiger partial charge in [0.15, 0.2) is 0 Å². The van der Waals surface area contributed by atoms with Crippen LogP contribution in [0.3, 0.4) is 0 Å². The Bertz CT molecular complexity index is 876. The van der Waals surface area contributed by atoms with Crippen molar-refractivity contribution >= 4 is 11.9 Å². The highest BCUT2D eigenvalue weighted by molar-refractivity contribution is 5.88.